The van der Waals surface area contributed by atoms with Gasteiger partial charge in [0.1, 0.15) is 0 Å². The van der Waals surface area contributed by atoms with Crippen LogP contribution in [0, 0.1) is 29.1 Å². The quantitative estimate of drug-likeness (QED) is 0.113. The van der Waals surface area contributed by atoms with E-state index in [1.165, 1.54) is 14.7 Å². The van der Waals surface area contributed by atoms with Crippen LogP contribution in [0.1, 0.15) is 0 Å². The SMILES string of the molecule is O=S(=O)(O)c1c(F)c(F)c(F)c(F)c1F.c1ccc([S+](c2ccccc2)c2ccccc2)cc1. The van der Waals surface area contributed by atoms with Gasteiger partial charge in [0, 0.05) is 0 Å². The molecule has 3 nitrogen and oxygen atoms in total. The van der Waals surface area contributed by atoms with Crippen LogP contribution < -0.4 is 0 Å². The van der Waals surface area contributed by atoms with E-state index >= 15 is 0 Å². The molecule has 4 aromatic carbocycles. The Morgan fingerprint density at radius 1 is 0.500 bits per heavy atom. The van der Waals surface area contributed by atoms with Crippen molar-refractivity contribution in [2.75, 3.05) is 0 Å². The molecule has 0 amide bonds. The number of benzene rings is 4. The molecule has 0 fully saturated rings. The van der Waals surface area contributed by atoms with Gasteiger partial charge < -0.3 is 0 Å². The molecular weight excluding hydrogens is 495 g/mol. The highest BCUT2D eigenvalue weighted by atomic mass is 32.2. The summed E-state index contributed by atoms with van der Waals surface area (Å²) in [7, 11) is -5.54. The number of halogens is 5. The fraction of sp³-hybridized carbons (Fsp3) is 0. The minimum Gasteiger partial charge on any atom is -0.282 e. The Balaban J connectivity index is 0.000000197. The molecule has 0 spiro atoms. The Kier molecular flexibility index (Phi) is 8.08. The Labute approximate surface area is 195 Å². The van der Waals surface area contributed by atoms with Crippen molar-refractivity contribution in [3.05, 3.63) is 120 Å². The van der Waals surface area contributed by atoms with E-state index in [0.717, 1.165) is 0 Å². The zero-order chi connectivity index (χ0) is 24.9. The summed E-state index contributed by atoms with van der Waals surface area (Å²) in [5.41, 5.74) is 0. The summed E-state index contributed by atoms with van der Waals surface area (Å²) in [6.45, 7) is 0. The third-order valence-corrected chi connectivity index (χ3v) is 7.47. The molecule has 176 valence electrons. The average molecular weight is 512 g/mol. The Morgan fingerprint density at radius 2 is 0.765 bits per heavy atom. The second-order valence-electron chi connectivity index (χ2n) is 6.62. The fourth-order valence-corrected chi connectivity index (χ4v) is 5.63. The van der Waals surface area contributed by atoms with Crippen molar-refractivity contribution in [3.63, 3.8) is 0 Å². The number of hydrogen-bond acceptors (Lipinski definition) is 2. The summed E-state index contributed by atoms with van der Waals surface area (Å²) in [6.07, 6.45) is 0. The Morgan fingerprint density at radius 3 is 1.03 bits per heavy atom. The van der Waals surface area contributed by atoms with Crippen LogP contribution in [0.2, 0.25) is 0 Å². The van der Waals surface area contributed by atoms with Gasteiger partial charge in [-0.2, -0.15) is 8.42 Å². The normalized spacial score (nSPS) is 11.1. The Bertz CT molecular complexity index is 1250. The molecular formula is C24H16F5O3S2+. The van der Waals surface area contributed by atoms with Crippen molar-refractivity contribution in [1.82, 2.24) is 0 Å². The molecule has 0 heterocycles. The van der Waals surface area contributed by atoms with Crippen LogP contribution in [-0.4, -0.2) is 13.0 Å². The molecule has 0 saturated heterocycles. The third-order valence-electron chi connectivity index (χ3n) is 4.36. The maximum absolute atomic E-state index is 12.6. The third kappa shape index (κ3) is 5.64. The first-order chi connectivity index (χ1) is 16.1. The second kappa shape index (κ2) is 10.8. The lowest BCUT2D eigenvalue weighted by Gasteiger charge is -2.07. The fourth-order valence-electron chi connectivity index (χ4n) is 2.89. The largest absolute Gasteiger partial charge is 0.300 e. The highest BCUT2D eigenvalue weighted by molar-refractivity contribution is 7.97. The van der Waals surface area contributed by atoms with Gasteiger partial charge in [-0.05, 0) is 36.4 Å². The zero-order valence-electron chi connectivity index (χ0n) is 17.1. The van der Waals surface area contributed by atoms with E-state index in [4.69, 9.17) is 4.55 Å². The smallest absolute Gasteiger partial charge is 0.282 e. The van der Waals surface area contributed by atoms with Crippen molar-refractivity contribution in [3.8, 4) is 0 Å². The molecule has 10 heteroatoms. The van der Waals surface area contributed by atoms with Crippen LogP contribution >= 0.6 is 0 Å². The summed E-state index contributed by atoms with van der Waals surface area (Å²) in [6, 6.07) is 32.2. The average Bonchev–Trinajstić information content (AvgIpc) is 2.83. The zero-order valence-corrected chi connectivity index (χ0v) is 18.8. The lowest BCUT2D eigenvalue weighted by Crippen LogP contribution is -2.11. The minimum atomic E-state index is -5.52. The molecule has 34 heavy (non-hydrogen) atoms. The summed E-state index contributed by atoms with van der Waals surface area (Å²) < 4.78 is 91.3. The minimum absolute atomic E-state index is 0.0146. The van der Waals surface area contributed by atoms with Gasteiger partial charge in [0.05, 0.1) is 10.9 Å². The summed E-state index contributed by atoms with van der Waals surface area (Å²) in [4.78, 5) is 1.82. The van der Waals surface area contributed by atoms with Gasteiger partial charge in [0.2, 0.25) is 5.82 Å². The topological polar surface area (TPSA) is 54.4 Å². The first-order valence-electron chi connectivity index (χ1n) is 9.51. The number of rotatable bonds is 4. The van der Waals surface area contributed by atoms with Gasteiger partial charge in [0.15, 0.2) is 42.9 Å². The van der Waals surface area contributed by atoms with Crippen LogP contribution in [0.4, 0.5) is 22.0 Å². The first-order valence-corrected chi connectivity index (χ1v) is 12.2. The predicted molar refractivity (Wildman–Crippen MR) is 118 cm³/mol. The van der Waals surface area contributed by atoms with E-state index in [9.17, 15) is 30.4 Å². The monoisotopic (exact) mass is 511 g/mol. The molecule has 1 N–H and O–H groups in total. The van der Waals surface area contributed by atoms with Crippen LogP contribution in [-0.2, 0) is 21.0 Å². The van der Waals surface area contributed by atoms with Crippen molar-refractivity contribution in [2.45, 2.75) is 19.6 Å². The second-order valence-corrected chi connectivity index (χ2v) is 10.0. The van der Waals surface area contributed by atoms with Gasteiger partial charge >= 0.3 is 10.1 Å². The molecule has 4 aromatic rings. The predicted octanol–water partition coefficient (Wildman–Crippen LogP) is 6.41. The summed E-state index contributed by atoms with van der Waals surface area (Å²) >= 11 is 0. The van der Waals surface area contributed by atoms with Crippen LogP contribution in [0.5, 0.6) is 0 Å². The van der Waals surface area contributed by atoms with E-state index in [1.807, 2.05) is 0 Å². The van der Waals surface area contributed by atoms with Gasteiger partial charge in [0.25, 0.3) is 0 Å². The molecule has 0 aliphatic carbocycles. The van der Waals surface area contributed by atoms with E-state index in [0.29, 0.717) is 0 Å². The van der Waals surface area contributed by atoms with Crippen LogP contribution in [0.3, 0.4) is 0 Å². The first kappa shape index (κ1) is 25.4. The molecule has 0 radical (unpaired) electrons. The lowest BCUT2D eigenvalue weighted by molar-refractivity contribution is 0.352. The van der Waals surface area contributed by atoms with Crippen molar-refractivity contribution in [1.29, 1.82) is 0 Å². The molecule has 0 bridgehead atoms. The maximum Gasteiger partial charge on any atom is 0.300 e. The van der Waals surface area contributed by atoms with E-state index in [2.05, 4.69) is 91.0 Å². The van der Waals surface area contributed by atoms with E-state index in [1.54, 1.807) is 0 Å². The number of hydrogen-bond donors (Lipinski definition) is 1. The van der Waals surface area contributed by atoms with E-state index in [-0.39, 0.29) is 10.9 Å². The highest BCUT2D eigenvalue weighted by Crippen LogP contribution is 2.30. The highest BCUT2D eigenvalue weighted by Gasteiger charge is 2.32. The lowest BCUT2D eigenvalue weighted by atomic mass is 10.3. The molecule has 0 saturated carbocycles. The molecule has 0 aliphatic rings. The molecule has 0 atom stereocenters. The summed E-state index contributed by atoms with van der Waals surface area (Å²) in [5, 5.41) is 0. The standard InChI is InChI=1S/C18H15S.C6HF5O3S/c1-4-10-16(11-5-1)19(17-12-6-2-7-13-17)18-14-8-3-9-15-18;7-1-2(8)4(10)6(15(12,13)14)5(11)3(1)9/h1-15H;(H,12,13,14)/q+1;. The van der Waals surface area contributed by atoms with E-state index < -0.39 is 44.1 Å². The van der Waals surface area contributed by atoms with Crippen molar-refractivity contribution >= 4 is 21.0 Å². The summed E-state index contributed by atoms with van der Waals surface area (Å²) in [5.74, 6) is -12.6. The molecule has 0 aromatic heterocycles. The van der Waals surface area contributed by atoms with Gasteiger partial charge in [-0.3, -0.25) is 4.55 Å². The van der Waals surface area contributed by atoms with Crippen molar-refractivity contribution in [2.24, 2.45) is 0 Å². The van der Waals surface area contributed by atoms with Crippen LogP contribution in [0.25, 0.3) is 0 Å². The molecule has 4 rings (SSSR count). The molecule has 0 unspecified atom stereocenters. The van der Waals surface area contributed by atoms with Crippen LogP contribution in [0.15, 0.2) is 111 Å². The van der Waals surface area contributed by atoms with Gasteiger partial charge in [-0.1, -0.05) is 54.6 Å². The Hall–Kier alpha value is -3.21. The van der Waals surface area contributed by atoms with Gasteiger partial charge in [-0.15, -0.1) is 0 Å². The van der Waals surface area contributed by atoms with Crippen molar-refractivity contribution < 1.29 is 34.9 Å². The molecule has 0 aliphatic heterocycles. The van der Waals surface area contributed by atoms with Gasteiger partial charge in [-0.25, -0.2) is 22.0 Å². The maximum atomic E-state index is 12.6.